The topological polar surface area (TPSA) is 52.4 Å². The minimum absolute atomic E-state index is 0.616. The lowest BCUT2D eigenvalue weighted by molar-refractivity contribution is 0.143. The van der Waals surface area contributed by atoms with Crippen LogP contribution in [0.5, 0.6) is 11.5 Å². The summed E-state index contributed by atoms with van der Waals surface area (Å²) in [6.45, 7) is 9.36. The minimum atomic E-state index is 0.616. The van der Waals surface area contributed by atoms with Gasteiger partial charge in [0.15, 0.2) is 11.5 Å². The van der Waals surface area contributed by atoms with Gasteiger partial charge in [0.1, 0.15) is 24.9 Å². The van der Waals surface area contributed by atoms with Crippen molar-refractivity contribution in [1.29, 1.82) is 0 Å². The molecule has 2 aliphatic rings. The molecule has 1 aromatic heterocycles. The van der Waals surface area contributed by atoms with Gasteiger partial charge in [-0.15, -0.1) is 0 Å². The third-order valence-electron chi connectivity index (χ3n) is 5.04. The number of fused-ring (bicyclic) bond motifs is 1. The van der Waals surface area contributed by atoms with Crippen LogP contribution in [0.3, 0.4) is 0 Å². The highest BCUT2D eigenvalue weighted by molar-refractivity contribution is 5.47. The number of aromatic nitrogens is 3. The number of nitrogens with zero attached hydrogens (tertiary/aromatic N) is 4. The van der Waals surface area contributed by atoms with Gasteiger partial charge in [0.2, 0.25) is 0 Å². The fourth-order valence-corrected chi connectivity index (χ4v) is 3.92. The molecule has 1 saturated heterocycles. The lowest BCUT2D eigenvalue weighted by Gasteiger charge is -2.33. The van der Waals surface area contributed by atoms with Crippen LogP contribution in [0.25, 0.3) is 0 Å². The molecule has 0 amide bonds. The summed E-state index contributed by atoms with van der Waals surface area (Å²) in [5, 5.41) is 4.52. The van der Waals surface area contributed by atoms with Crippen LogP contribution in [0.15, 0.2) is 18.2 Å². The zero-order chi connectivity index (χ0) is 17.2. The highest BCUT2D eigenvalue weighted by Crippen LogP contribution is 2.35. The van der Waals surface area contributed by atoms with E-state index in [0.29, 0.717) is 19.1 Å². The van der Waals surface area contributed by atoms with E-state index in [2.05, 4.69) is 31.8 Å². The second kappa shape index (κ2) is 7.04. The van der Waals surface area contributed by atoms with Gasteiger partial charge in [-0.2, -0.15) is 5.10 Å². The molecule has 2 aromatic rings. The van der Waals surface area contributed by atoms with Crippen LogP contribution in [0, 0.1) is 19.8 Å². The van der Waals surface area contributed by atoms with E-state index in [0.717, 1.165) is 49.3 Å². The summed E-state index contributed by atoms with van der Waals surface area (Å²) in [5.41, 5.74) is 1.23. The summed E-state index contributed by atoms with van der Waals surface area (Å²) >= 11 is 0. The van der Waals surface area contributed by atoms with Gasteiger partial charge < -0.3 is 9.47 Å². The van der Waals surface area contributed by atoms with Crippen LogP contribution >= 0.6 is 0 Å². The van der Waals surface area contributed by atoms with E-state index < -0.39 is 0 Å². The maximum absolute atomic E-state index is 5.86. The molecule has 3 heterocycles. The Morgan fingerprint density at radius 3 is 2.92 bits per heavy atom. The Kier molecular flexibility index (Phi) is 4.61. The maximum atomic E-state index is 5.86. The smallest absolute Gasteiger partial charge is 0.165 e. The molecule has 134 valence electrons. The van der Waals surface area contributed by atoms with E-state index in [-0.39, 0.29) is 0 Å². The zero-order valence-electron chi connectivity index (χ0n) is 15.1. The first-order chi connectivity index (χ1) is 12.2. The van der Waals surface area contributed by atoms with Crippen molar-refractivity contribution in [2.24, 2.45) is 5.92 Å². The molecule has 6 nitrogen and oxygen atoms in total. The molecule has 0 saturated carbocycles. The molecular formula is C19H26N4O2. The Morgan fingerprint density at radius 1 is 1.20 bits per heavy atom. The average molecular weight is 342 g/mol. The quantitative estimate of drug-likeness (QED) is 0.855. The van der Waals surface area contributed by atoms with Crippen molar-refractivity contribution in [3.8, 4) is 11.5 Å². The van der Waals surface area contributed by atoms with Crippen LogP contribution in [-0.2, 0) is 13.1 Å². The second-order valence-electron chi connectivity index (χ2n) is 7.07. The first-order valence-corrected chi connectivity index (χ1v) is 9.17. The molecule has 1 atom stereocenters. The number of hydrogen-bond donors (Lipinski definition) is 0. The van der Waals surface area contributed by atoms with Gasteiger partial charge >= 0.3 is 0 Å². The standard InChI is InChI=1S/C19H26N4O2/c1-14-20-15(2)23(21-14)12-16-5-4-8-22(11-16)13-17-6-3-7-18-19(17)25-10-9-24-18/h3,6-7,16H,4-5,8-13H2,1-2H3/t16-/m1/s1. The molecule has 0 bridgehead atoms. The summed E-state index contributed by atoms with van der Waals surface area (Å²) in [4.78, 5) is 6.95. The number of piperidine rings is 1. The molecule has 0 aliphatic carbocycles. The van der Waals surface area contributed by atoms with E-state index in [9.17, 15) is 0 Å². The van der Waals surface area contributed by atoms with E-state index >= 15 is 0 Å². The highest BCUT2D eigenvalue weighted by Gasteiger charge is 2.23. The van der Waals surface area contributed by atoms with Crippen molar-refractivity contribution >= 4 is 0 Å². The fraction of sp³-hybridized carbons (Fsp3) is 0.579. The van der Waals surface area contributed by atoms with Gasteiger partial charge in [0.25, 0.3) is 0 Å². The lowest BCUT2D eigenvalue weighted by Crippen LogP contribution is -2.37. The lowest BCUT2D eigenvalue weighted by atomic mass is 9.97. The zero-order valence-corrected chi connectivity index (χ0v) is 15.1. The first kappa shape index (κ1) is 16.4. The molecule has 2 aliphatic heterocycles. The van der Waals surface area contributed by atoms with Crippen molar-refractivity contribution in [1.82, 2.24) is 19.7 Å². The number of likely N-dealkylation sites (tertiary alicyclic amines) is 1. The van der Waals surface area contributed by atoms with Crippen molar-refractivity contribution in [2.45, 2.75) is 39.8 Å². The highest BCUT2D eigenvalue weighted by atomic mass is 16.6. The predicted molar refractivity (Wildman–Crippen MR) is 94.9 cm³/mol. The Balaban J connectivity index is 1.43. The summed E-state index contributed by atoms with van der Waals surface area (Å²) in [5.74, 6) is 4.30. The number of para-hydroxylation sites is 1. The van der Waals surface area contributed by atoms with Crippen LogP contribution in [0.1, 0.15) is 30.1 Å². The number of aryl methyl sites for hydroxylation is 2. The first-order valence-electron chi connectivity index (χ1n) is 9.17. The Morgan fingerprint density at radius 2 is 2.08 bits per heavy atom. The number of hydrogen-bond acceptors (Lipinski definition) is 5. The average Bonchev–Trinajstić information content (AvgIpc) is 2.93. The monoisotopic (exact) mass is 342 g/mol. The van der Waals surface area contributed by atoms with Gasteiger partial charge in [0, 0.05) is 25.2 Å². The molecule has 0 radical (unpaired) electrons. The summed E-state index contributed by atoms with van der Waals surface area (Å²) in [6.07, 6.45) is 2.48. The molecule has 1 aromatic carbocycles. The molecular weight excluding hydrogens is 316 g/mol. The van der Waals surface area contributed by atoms with Gasteiger partial charge in [0.05, 0.1) is 0 Å². The molecule has 6 heteroatoms. The van der Waals surface area contributed by atoms with Gasteiger partial charge in [-0.25, -0.2) is 9.67 Å². The van der Waals surface area contributed by atoms with Crippen molar-refractivity contribution in [2.75, 3.05) is 26.3 Å². The van der Waals surface area contributed by atoms with E-state index in [1.54, 1.807) is 0 Å². The number of rotatable bonds is 4. The van der Waals surface area contributed by atoms with Crippen molar-refractivity contribution in [3.63, 3.8) is 0 Å². The number of benzene rings is 1. The summed E-state index contributed by atoms with van der Waals surface area (Å²) < 4.78 is 13.6. The van der Waals surface area contributed by atoms with Crippen LogP contribution < -0.4 is 9.47 Å². The maximum Gasteiger partial charge on any atom is 0.165 e. The molecule has 0 N–H and O–H groups in total. The molecule has 25 heavy (non-hydrogen) atoms. The van der Waals surface area contributed by atoms with E-state index in [1.807, 2.05) is 19.9 Å². The second-order valence-corrected chi connectivity index (χ2v) is 7.07. The molecule has 1 fully saturated rings. The minimum Gasteiger partial charge on any atom is -0.486 e. The van der Waals surface area contributed by atoms with Gasteiger partial charge in [-0.3, -0.25) is 4.90 Å². The van der Waals surface area contributed by atoms with Crippen LogP contribution in [-0.4, -0.2) is 46.0 Å². The fourth-order valence-electron chi connectivity index (χ4n) is 3.92. The Hall–Kier alpha value is -2.08. The molecule has 4 rings (SSSR count). The Labute approximate surface area is 148 Å². The summed E-state index contributed by atoms with van der Waals surface area (Å²) in [7, 11) is 0. The van der Waals surface area contributed by atoms with Crippen LogP contribution in [0.2, 0.25) is 0 Å². The van der Waals surface area contributed by atoms with E-state index in [4.69, 9.17) is 9.47 Å². The summed E-state index contributed by atoms with van der Waals surface area (Å²) in [6, 6.07) is 6.21. The Bertz CT molecular complexity index is 743. The van der Waals surface area contributed by atoms with Crippen molar-refractivity contribution in [3.05, 3.63) is 35.4 Å². The molecule has 0 spiro atoms. The largest absolute Gasteiger partial charge is 0.486 e. The normalized spacial score (nSPS) is 20.6. The van der Waals surface area contributed by atoms with Crippen LogP contribution in [0.4, 0.5) is 0 Å². The molecule has 0 unspecified atom stereocenters. The van der Waals surface area contributed by atoms with Gasteiger partial charge in [-0.1, -0.05) is 12.1 Å². The van der Waals surface area contributed by atoms with E-state index in [1.165, 1.54) is 18.4 Å². The van der Waals surface area contributed by atoms with Crippen molar-refractivity contribution < 1.29 is 9.47 Å². The SMILES string of the molecule is Cc1nc(C)n(C[C@@H]2CCCN(Cc3cccc4c3OCCO4)C2)n1. The third-order valence-corrected chi connectivity index (χ3v) is 5.04. The third kappa shape index (κ3) is 3.63. The van der Waals surface area contributed by atoms with Gasteiger partial charge in [-0.05, 0) is 45.2 Å². The predicted octanol–water partition coefficient (Wildman–Crippen LogP) is 2.58. The number of ether oxygens (including phenoxy) is 2.